The SMILES string of the molecule is C[C@]1(C(N)=O)COc2c1cc([C@@](O)(CNC(=O)c1ccc3sccc3c1)C(F)(F)F)nc2-c1ccc(F)cc1. The smallest absolute Gasteiger partial charge is 0.424 e. The number of rotatable bonds is 6. The Balaban J connectivity index is 1.59. The Hall–Kier alpha value is -4.03. The van der Waals surface area contributed by atoms with Crippen LogP contribution in [0.5, 0.6) is 5.75 Å². The molecule has 0 saturated carbocycles. The van der Waals surface area contributed by atoms with E-state index in [0.717, 1.165) is 28.3 Å². The summed E-state index contributed by atoms with van der Waals surface area (Å²) < 4.78 is 63.6. The zero-order chi connectivity index (χ0) is 28.2. The molecule has 4 aromatic rings. The average molecular weight is 560 g/mol. The van der Waals surface area contributed by atoms with Crippen molar-refractivity contribution in [3.63, 3.8) is 0 Å². The fourth-order valence-electron chi connectivity index (χ4n) is 4.36. The number of carbonyl (C=O) groups excluding carboxylic acids is 2. The van der Waals surface area contributed by atoms with E-state index in [1.165, 1.54) is 42.5 Å². The third-order valence-electron chi connectivity index (χ3n) is 6.85. The van der Waals surface area contributed by atoms with E-state index >= 15 is 0 Å². The summed E-state index contributed by atoms with van der Waals surface area (Å²) in [4.78, 5) is 29.2. The summed E-state index contributed by atoms with van der Waals surface area (Å²) in [6.07, 6.45) is -5.30. The summed E-state index contributed by atoms with van der Waals surface area (Å²) in [6, 6.07) is 12.1. The minimum atomic E-state index is -5.30. The lowest BCUT2D eigenvalue weighted by Gasteiger charge is -2.31. The number of benzene rings is 2. The number of ether oxygens (including phenoxy) is 1. The summed E-state index contributed by atoms with van der Waals surface area (Å²) >= 11 is 1.45. The first-order chi connectivity index (χ1) is 18.3. The second-order valence-corrected chi connectivity index (χ2v) is 10.4. The van der Waals surface area contributed by atoms with Gasteiger partial charge in [-0.2, -0.15) is 13.2 Å². The molecule has 2 aromatic carbocycles. The summed E-state index contributed by atoms with van der Waals surface area (Å²) in [6.45, 7) is -0.155. The lowest BCUT2D eigenvalue weighted by molar-refractivity contribution is -0.265. The molecule has 39 heavy (non-hydrogen) atoms. The van der Waals surface area contributed by atoms with E-state index in [4.69, 9.17) is 10.5 Å². The fourth-order valence-corrected chi connectivity index (χ4v) is 5.13. The molecule has 2 atom stereocenters. The standard InChI is InChI=1S/C27H21F4N3O4S/c1-25(24(32)36)13-38-22-18(25)11-20(34-21(22)14-2-5-17(28)6-3-14)26(37,27(29,30)31)12-33-23(35)16-4-7-19-15(10-16)8-9-39-19/h2-11,37H,12-13H2,1H3,(H2,32,36)(H,33,35)/t25-,26-/m0/s1. The molecular weight excluding hydrogens is 538 g/mol. The highest BCUT2D eigenvalue weighted by atomic mass is 32.1. The van der Waals surface area contributed by atoms with Gasteiger partial charge in [-0.1, -0.05) is 0 Å². The molecule has 0 bridgehead atoms. The number of primary amides is 1. The number of thiophene rings is 1. The van der Waals surface area contributed by atoms with Crippen molar-refractivity contribution in [3.8, 4) is 17.0 Å². The van der Waals surface area contributed by atoms with Crippen molar-refractivity contribution in [1.82, 2.24) is 10.3 Å². The van der Waals surface area contributed by atoms with Gasteiger partial charge >= 0.3 is 6.18 Å². The van der Waals surface area contributed by atoms with E-state index in [0.29, 0.717) is 0 Å². The van der Waals surface area contributed by atoms with Gasteiger partial charge < -0.3 is 20.9 Å². The second-order valence-electron chi connectivity index (χ2n) is 9.44. The van der Waals surface area contributed by atoms with E-state index in [2.05, 4.69) is 10.3 Å². The van der Waals surface area contributed by atoms with E-state index < -0.39 is 47.1 Å². The Morgan fingerprint density at radius 2 is 1.87 bits per heavy atom. The van der Waals surface area contributed by atoms with Gasteiger partial charge in [-0.05, 0) is 72.3 Å². The second kappa shape index (κ2) is 9.31. The Morgan fingerprint density at radius 1 is 1.15 bits per heavy atom. The molecule has 2 aromatic heterocycles. The third-order valence-corrected chi connectivity index (χ3v) is 7.74. The summed E-state index contributed by atoms with van der Waals surface area (Å²) in [7, 11) is 0. The Bertz CT molecular complexity index is 1610. The molecular formula is C27H21F4N3O4S. The number of fused-ring (bicyclic) bond motifs is 2. The first-order valence-electron chi connectivity index (χ1n) is 11.6. The van der Waals surface area contributed by atoms with E-state index in [1.807, 2.05) is 5.38 Å². The van der Waals surface area contributed by atoms with Crippen LogP contribution in [0.25, 0.3) is 21.3 Å². The number of carbonyl (C=O) groups is 2. The lowest BCUT2D eigenvalue weighted by atomic mass is 9.81. The molecule has 0 unspecified atom stereocenters. The molecule has 0 saturated heterocycles. The molecule has 3 heterocycles. The Kier molecular flexibility index (Phi) is 6.34. The molecule has 4 N–H and O–H groups in total. The molecule has 1 aliphatic heterocycles. The van der Waals surface area contributed by atoms with Crippen molar-refractivity contribution in [1.29, 1.82) is 0 Å². The highest BCUT2D eigenvalue weighted by molar-refractivity contribution is 7.17. The number of nitrogens with two attached hydrogens (primary N) is 1. The van der Waals surface area contributed by atoms with Crippen molar-refractivity contribution in [2.45, 2.75) is 24.1 Å². The normalized spacial score (nSPS) is 18.3. The Labute approximate surface area is 223 Å². The van der Waals surface area contributed by atoms with Crippen molar-refractivity contribution >= 4 is 33.2 Å². The lowest BCUT2D eigenvalue weighted by Crippen LogP contribution is -2.51. The molecule has 12 heteroatoms. The van der Waals surface area contributed by atoms with Gasteiger partial charge in [0.25, 0.3) is 5.91 Å². The molecule has 5 rings (SSSR count). The number of halogens is 4. The predicted molar refractivity (Wildman–Crippen MR) is 136 cm³/mol. The number of hydrogen-bond acceptors (Lipinski definition) is 6. The van der Waals surface area contributed by atoms with Gasteiger partial charge in [-0.25, -0.2) is 9.37 Å². The zero-order valence-corrected chi connectivity index (χ0v) is 21.1. The highest BCUT2D eigenvalue weighted by Crippen LogP contribution is 2.47. The van der Waals surface area contributed by atoms with Crippen LogP contribution >= 0.6 is 11.3 Å². The van der Waals surface area contributed by atoms with Crippen molar-refractivity contribution < 1.29 is 37.0 Å². The number of nitrogens with zero attached hydrogens (tertiary/aromatic N) is 1. The average Bonchev–Trinajstić information content (AvgIpc) is 3.51. The number of pyridine rings is 1. The Morgan fingerprint density at radius 3 is 2.54 bits per heavy atom. The molecule has 202 valence electrons. The van der Waals surface area contributed by atoms with E-state index in [1.54, 1.807) is 12.1 Å². The van der Waals surface area contributed by atoms with Crippen molar-refractivity contribution in [2.24, 2.45) is 5.73 Å². The van der Waals surface area contributed by atoms with Crippen LogP contribution < -0.4 is 15.8 Å². The third kappa shape index (κ3) is 4.49. The zero-order valence-electron chi connectivity index (χ0n) is 20.3. The summed E-state index contributed by atoms with van der Waals surface area (Å²) in [5.74, 6) is -2.30. The van der Waals surface area contributed by atoms with Crippen LogP contribution in [-0.2, 0) is 15.8 Å². The summed E-state index contributed by atoms with van der Waals surface area (Å²) in [5.41, 5.74) is -0.404. The van der Waals surface area contributed by atoms with Crippen LogP contribution in [0.4, 0.5) is 17.6 Å². The number of nitrogens with one attached hydrogen (secondary N) is 1. The van der Waals surface area contributed by atoms with Crippen molar-refractivity contribution in [2.75, 3.05) is 13.2 Å². The molecule has 2 amide bonds. The maximum absolute atomic E-state index is 14.5. The van der Waals surface area contributed by atoms with Crippen LogP contribution in [0.1, 0.15) is 28.5 Å². The number of amides is 2. The van der Waals surface area contributed by atoms with Gasteiger partial charge in [0.05, 0.1) is 12.2 Å². The summed E-state index contributed by atoms with van der Waals surface area (Å²) in [5, 5.41) is 15.8. The maximum Gasteiger partial charge on any atom is 0.424 e. The number of alkyl halides is 3. The monoisotopic (exact) mass is 559 g/mol. The number of aromatic nitrogens is 1. The molecule has 1 aliphatic rings. The van der Waals surface area contributed by atoms with Gasteiger partial charge in [-0.3, -0.25) is 9.59 Å². The first kappa shape index (κ1) is 26.6. The minimum absolute atomic E-state index is 0.00992. The van der Waals surface area contributed by atoms with E-state index in [9.17, 15) is 32.3 Å². The fraction of sp³-hybridized carbons (Fsp3) is 0.222. The number of aliphatic hydroxyl groups is 1. The van der Waals surface area contributed by atoms with Gasteiger partial charge in [0.15, 0.2) is 0 Å². The topological polar surface area (TPSA) is 115 Å². The molecule has 0 radical (unpaired) electrons. The highest BCUT2D eigenvalue weighted by Gasteiger charge is 2.57. The van der Waals surface area contributed by atoms with Gasteiger partial charge in [0.1, 0.15) is 29.3 Å². The van der Waals surface area contributed by atoms with Crippen LogP contribution in [0.2, 0.25) is 0 Å². The minimum Gasteiger partial charge on any atom is -0.489 e. The van der Waals surface area contributed by atoms with Crippen molar-refractivity contribution in [3.05, 3.63) is 82.6 Å². The van der Waals surface area contributed by atoms with Crippen LogP contribution in [0.3, 0.4) is 0 Å². The molecule has 0 fully saturated rings. The first-order valence-corrected chi connectivity index (χ1v) is 12.5. The van der Waals surface area contributed by atoms with E-state index in [-0.39, 0.29) is 34.7 Å². The van der Waals surface area contributed by atoms with Gasteiger partial charge in [-0.15, -0.1) is 11.3 Å². The predicted octanol–water partition coefficient (Wildman–Crippen LogP) is 4.42. The quantitative estimate of drug-likeness (QED) is 0.303. The number of hydrogen-bond donors (Lipinski definition) is 3. The van der Waals surface area contributed by atoms with Crippen LogP contribution in [0.15, 0.2) is 60.0 Å². The van der Waals surface area contributed by atoms with Crippen LogP contribution in [-0.4, -0.2) is 41.2 Å². The largest absolute Gasteiger partial charge is 0.489 e. The molecule has 7 nitrogen and oxygen atoms in total. The molecule has 0 spiro atoms. The van der Waals surface area contributed by atoms with Gasteiger partial charge in [0.2, 0.25) is 11.5 Å². The van der Waals surface area contributed by atoms with Gasteiger partial charge in [0, 0.05) is 21.4 Å². The van der Waals surface area contributed by atoms with Crippen LogP contribution in [0, 0.1) is 5.82 Å². The molecule has 0 aliphatic carbocycles. The maximum atomic E-state index is 14.5.